The number of aromatic nitrogens is 3. The predicted octanol–water partition coefficient (Wildman–Crippen LogP) is 8.02. The summed E-state index contributed by atoms with van der Waals surface area (Å²) in [5.74, 6) is 0.937. The number of nitrogens with zero attached hydrogens (tertiary/aromatic N) is 3. The van der Waals surface area contributed by atoms with Gasteiger partial charge in [-0.1, -0.05) is 36.4 Å². The Hall–Kier alpha value is -5.11. The average molecular weight is 640 g/mol. The Bertz CT molecular complexity index is 2000. The van der Waals surface area contributed by atoms with Gasteiger partial charge in [0.05, 0.1) is 28.7 Å². The number of halogens is 6. The maximum Gasteiger partial charge on any atom is 0.416 e. The van der Waals surface area contributed by atoms with E-state index in [1.165, 1.54) is 0 Å². The van der Waals surface area contributed by atoms with Gasteiger partial charge in [-0.25, -0.2) is 14.8 Å². The smallest absolute Gasteiger partial charge is 0.382 e. The molecular weight excluding hydrogens is 612 g/mol. The summed E-state index contributed by atoms with van der Waals surface area (Å²) in [6, 6.07) is 10.2. The molecule has 0 fully saturated rings. The summed E-state index contributed by atoms with van der Waals surface area (Å²) in [6.45, 7) is 1.86. The van der Waals surface area contributed by atoms with Crippen LogP contribution >= 0.6 is 0 Å². The molecule has 14 heteroatoms. The molecule has 2 aromatic heterocycles. The Labute approximate surface area is 258 Å². The molecule has 2 amide bonds. The number of allylic oxidation sites excluding steroid dienone is 1. The molecule has 3 aromatic carbocycles. The number of amides is 2. The Kier molecular flexibility index (Phi) is 7.63. The molecule has 5 aromatic rings. The molecule has 2 heterocycles. The van der Waals surface area contributed by atoms with Crippen molar-refractivity contribution in [2.24, 2.45) is 5.73 Å². The van der Waals surface area contributed by atoms with Gasteiger partial charge in [-0.3, -0.25) is 4.40 Å². The fourth-order valence-electron chi connectivity index (χ4n) is 5.74. The largest absolute Gasteiger partial charge is 0.416 e. The number of fused-ring (bicyclic) bond motifs is 2. The Balaban J connectivity index is 1.37. The van der Waals surface area contributed by atoms with Crippen LogP contribution < -0.4 is 22.1 Å². The topological polar surface area (TPSA) is 123 Å². The number of urea groups is 1. The van der Waals surface area contributed by atoms with Gasteiger partial charge in [-0.05, 0) is 61.4 Å². The monoisotopic (exact) mass is 639 g/mol. The number of anilines is 3. The Morgan fingerprint density at radius 2 is 1.63 bits per heavy atom. The number of carbonyl (C=O) groups is 1. The van der Waals surface area contributed by atoms with Gasteiger partial charge in [-0.2, -0.15) is 26.3 Å². The summed E-state index contributed by atoms with van der Waals surface area (Å²) in [5, 5.41) is 5.84. The number of rotatable bonds is 4. The number of imidazole rings is 1. The summed E-state index contributed by atoms with van der Waals surface area (Å²) >= 11 is 0. The minimum absolute atomic E-state index is 0.0105. The molecule has 0 saturated carbocycles. The van der Waals surface area contributed by atoms with Gasteiger partial charge in [-0.15, -0.1) is 0 Å². The Morgan fingerprint density at radius 3 is 2.26 bits per heavy atom. The second-order valence-electron chi connectivity index (χ2n) is 11.1. The van der Waals surface area contributed by atoms with Crippen LogP contribution in [0.3, 0.4) is 0 Å². The highest BCUT2D eigenvalue weighted by Gasteiger charge is 2.37. The van der Waals surface area contributed by atoms with Crippen LogP contribution in [-0.4, -0.2) is 26.4 Å². The first-order chi connectivity index (χ1) is 21.7. The van der Waals surface area contributed by atoms with Crippen molar-refractivity contribution in [3.8, 4) is 11.3 Å². The quantitative estimate of drug-likeness (QED) is 0.148. The van der Waals surface area contributed by atoms with E-state index in [9.17, 15) is 31.1 Å². The lowest BCUT2D eigenvalue weighted by Crippen LogP contribution is -2.22. The number of carbonyl (C=O) groups excluding carboxylic acids is 1. The highest BCUT2D eigenvalue weighted by Crippen LogP contribution is 2.40. The second kappa shape index (κ2) is 11.4. The van der Waals surface area contributed by atoms with Crippen LogP contribution in [0.25, 0.3) is 33.1 Å². The number of hydrogen-bond acceptors (Lipinski definition) is 5. The van der Waals surface area contributed by atoms with Crippen LogP contribution in [0.2, 0.25) is 0 Å². The zero-order chi connectivity index (χ0) is 33.0. The second-order valence-corrected chi connectivity index (χ2v) is 11.1. The van der Waals surface area contributed by atoms with Crippen molar-refractivity contribution in [2.45, 2.75) is 44.6 Å². The lowest BCUT2D eigenvalue weighted by Gasteiger charge is -2.20. The molecule has 0 spiro atoms. The van der Waals surface area contributed by atoms with Crippen molar-refractivity contribution in [2.75, 3.05) is 16.4 Å². The summed E-state index contributed by atoms with van der Waals surface area (Å²) in [5.41, 5.74) is 12.7. The molecular formula is C32H27F6N7O. The molecule has 46 heavy (non-hydrogen) atoms. The van der Waals surface area contributed by atoms with Crippen LogP contribution in [-0.2, 0) is 12.4 Å². The molecule has 1 atom stereocenters. The highest BCUT2D eigenvalue weighted by molar-refractivity contribution is 6.11. The molecule has 0 bridgehead atoms. The van der Waals surface area contributed by atoms with Crippen LogP contribution in [0.4, 0.5) is 48.3 Å². The van der Waals surface area contributed by atoms with Crippen molar-refractivity contribution in [3.63, 3.8) is 0 Å². The molecule has 0 saturated heterocycles. The summed E-state index contributed by atoms with van der Waals surface area (Å²) < 4.78 is 81.8. The third kappa shape index (κ3) is 5.83. The normalized spacial score (nSPS) is 15.7. The molecule has 1 unspecified atom stereocenters. The standard InChI is InChI=1S/C32H27F6N7O/c1-16-42-27(28-29(40)41-15-26(45(16)28)17-6-8-20(39)9-7-17)24-10-11-25(23-5-3-2-4-22(23)24)44-30(46)43-21-13-18(31(33,34)35)12-19(14-21)32(36,37)38/h2-6,10-15,20H,7-9,39H2,1H3,(H2,40,41)(H2,43,44,46). The number of aryl methyl sites for hydroxylation is 1. The van der Waals surface area contributed by atoms with Crippen molar-refractivity contribution >= 4 is 45.1 Å². The fraction of sp³-hybridized carbons (Fsp3) is 0.219. The maximum absolute atomic E-state index is 13.3. The fourth-order valence-corrected chi connectivity index (χ4v) is 5.74. The van der Waals surface area contributed by atoms with Gasteiger partial charge in [0.1, 0.15) is 22.9 Å². The van der Waals surface area contributed by atoms with E-state index in [0.29, 0.717) is 45.5 Å². The van der Waals surface area contributed by atoms with E-state index in [4.69, 9.17) is 16.5 Å². The first kappa shape index (κ1) is 30.9. The van der Waals surface area contributed by atoms with Crippen molar-refractivity contribution in [1.82, 2.24) is 14.4 Å². The zero-order valence-electron chi connectivity index (χ0n) is 24.2. The lowest BCUT2D eigenvalue weighted by atomic mass is 9.94. The lowest BCUT2D eigenvalue weighted by molar-refractivity contribution is -0.143. The maximum atomic E-state index is 13.3. The van der Waals surface area contributed by atoms with Gasteiger partial charge in [0, 0.05) is 22.7 Å². The van der Waals surface area contributed by atoms with Gasteiger partial charge < -0.3 is 22.1 Å². The minimum atomic E-state index is -5.06. The summed E-state index contributed by atoms with van der Waals surface area (Å²) in [7, 11) is 0. The van der Waals surface area contributed by atoms with Crippen molar-refractivity contribution in [1.29, 1.82) is 0 Å². The number of hydrogen-bond donors (Lipinski definition) is 4. The van der Waals surface area contributed by atoms with Crippen LogP contribution in [0.15, 0.2) is 66.9 Å². The first-order valence-corrected chi connectivity index (χ1v) is 14.2. The SMILES string of the molecule is Cc1nc(-c2ccc(NC(=O)Nc3cc(C(F)(F)F)cc(C(F)(F)F)c3)c3ccccc23)c2c(N)ncc(C3=CCC(N)CC3)n12. The van der Waals surface area contributed by atoms with E-state index in [1.54, 1.807) is 42.6 Å². The first-order valence-electron chi connectivity index (χ1n) is 14.2. The van der Waals surface area contributed by atoms with E-state index < -0.39 is 35.2 Å². The summed E-state index contributed by atoms with van der Waals surface area (Å²) in [6.07, 6.45) is -3.95. The molecule has 238 valence electrons. The molecule has 1 aliphatic rings. The third-order valence-corrected chi connectivity index (χ3v) is 7.91. The van der Waals surface area contributed by atoms with Gasteiger partial charge in [0.25, 0.3) is 0 Å². The van der Waals surface area contributed by atoms with Crippen LogP contribution in [0, 0.1) is 6.92 Å². The predicted molar refractivity (Wildman–Crippen MR) is 164 cm³/mol. The number of nitrogens with one attached hydrogen (secondary N) is 2. The summed E-state index contributed by atoms with van der Waals surface area (Å²) in [4.78, 5) is 22.2. The van der Waals surface area contributed by atoms with E-state index in [0.717, 1.165) is 30.5 Å². The van der Waals surface area contributed by atoms with Crippen molar-refractivity contribution in [3.05, 3.63) is 89.5 Å². The van der Waals surface area contributed by atoms with Gasteiger partial charge in [0.15, 0.2) is 0 Å². The van der Waals surface area contributed by atoms with Gasteiger partial charge in [0.2, 0.25) is 0 Å². The molecule has 0 aliphatic heterocycles. The minimum Gasteiger partial charge on any atom is -0.382 e. The molecule has 8 nitrogen and oxygen atoms in total. The number of nitrogens with two attached hydrogens (primary N) is 2. The van der Waals surface area contributed by atoms with Crippen LogP contribution in [0.1, 0.15) is 41.9 Å². The average Bonchev–Trinajstić information content (AvgIpc) is 3.34. The molecule has 0 radical (unpaired) electrons. The van der Waals surface area contributed by atoms with E-state index in [2.05, 4.69) is 21.7 Å². The number of nitrogen functional groups attached to an aromatic ring is 1. The number of alkyl halides is 6. The van der Waals surface area contributed by atoms with Crippen LogP contribution in [0.5, 0.6) is 0 Å². The highest BCUT2D eigenvalue weighted by atomic mass is 19.4. The van der Waals surface area contributed by atoms with Gasteiger partial charge >= 0.3 is 18.4 Å². The van der Waals surface area contributed by atoms with E-state index in [1.807, 2.05) is 11.3 Å². The third-order valence-electron chi connectivity index (χ3n) is 7.91. The zero-order valence-corrected chi connectivity index (χ0v) is 24.2. The molecule has 6 rings (SSSR count). The number of benzene rings is 3. The van der Waals surface area contributed by atoms with Crippen molar-refractivity contribution < 1.29 is 31.1 Å². The molecule has 1 aliphatic carbocycles. The van der Waals surface area contributed by atoms with E-state index in [-0.39, 0.29) is 23.6 Å². The van der Waals surface area contributed by atoms with E-state index >= 15 is 0 Å². The molecule has 6 N–H and O–H groups in total. The Morgan fingerprint density at radius 1 is 0.957 bits per heavy atom.